The van der Waals surface area contributed by atoms with Gasteiger partial charge in [0.1, 0.15) is 0 Å². The van der Waals surface area contributed by atoms with Crippen molar-refractivity contribution < 1.29 is 17.6 Å². The number of nitrogens with one attached hydrogen (secondary N) is 1. The lowest BCUT2D eigenvalue weighted by molar-refractivity contribution is 0.102. The van der Waals surface area contributed by atoms with E-state index in [4.69, 9.17) is 4.42 Å². The van der Waals surface area contributed by atoms with Crippen LogP contribution in [-0.4, -0.2) is 42.9 Å². The number of rotatable bonds is 5. The molecule has 0 aliphatic heterocycles. The van der Waals surface area contributed by atoms with Crippen molar-refractivity contribution in [2.45, 2.75) is 18.7 Å². The Labute approximate surface area is 163 Å². The molecule has 9 heteroatoms. The third-order valence-corrected chi connectivity index (χ3v) is 5.98. The predicted octanol–water partition coefficient (Wildman–Crippen LogP) is 2.86. The number of aromatic nitrogens is 2. The van der Waals surface area contributed by atoms with Crippen LogP contribution in [0.1, 0.15) is 21.5 Å². The average Bonchev–Trinajstić information content (AvgIpc) is 3.09. The van der Waals surface area contributed by atoms with Crippen molar-refractivity contribution in [2.75, 3.05) is 19.4 Å². The minimum atomic E-state index is -3.55. The molecule has 0 aliphatic rings. The molecule has 1 amide bonds. The SMILES string of the molecule is Cc1ccc(-c2nnc(NC(=O)c3ccc(S(=O)(=O)N(C)C)cc3)o2)c(C)c1. The molecule has 0 unspecified atom stereocenters. The van der Waals surface area contributed by atoms with Crippen LogP contribution in [0.3, 0.4) is 0 Å². The molecule has 1 heterocycles. The van der Waals surface area contributed by atoms with E-state index in [1.807, 2.05) is 32.0 Å². The molecule has 0 saturated heterocycles. The van der Waals surface area contributed by atoms with E-state index in [9.17, 15) is 13.2 Å². The van der Waals surface area contributed by atoms with Crippen molar-refractivity contribution in [1.29, 1.82) is 0 Å². The van der Waals surface area contributed by atoms with Gasteiger partial charge in [0.2, 0.25) is 15.9 Å². The van der Waals surface area contributed by atoms with Gasteiger partial charge in [-0.1, -0.05) is 22.8 Å². The number of amides is 1. The van der Waals surface area contributed by atoms with Crippen LogP contribution in [0.25, 0.3) is 11.5 Å². The first-order valence-corrected chi connectivity index (χ1v) is 9.87. The Kier molecular flexibility index (Phi) is 5.30. The minimum absolute atomic E-state index is 0.0371. The molecule has 146 valence electrons. The summed E-state index contributed by atoms with van der Waals surface area (Å²) in [4.78, 5) is 12.5. The first-order valence-electron chi connectivity index (χ1n) is 8.43. The Morgan fingerprint density at radius 3 is 2.32 bits per heavy atom. The maximum absolute atomic E-state index is 12.4. The molecule has 2 aromatic carbocycles. The van der Waals surface area contributed by atoms with Gasteiger partial charge < -0.3 is 4.42 Å². The molecular formula is C19H20N4O4S. The molecule has 0 aliphatic carbocycles. The summed E-state index contributed by atoms with van der Waals surface area (Å²) in [6.07, 6.45) is 0. The summed E-state index contributed by atoms with van der Waals surface area (Å²) < 4.78 is 30.8. The first kappa shape index (κ1) is 19.7. The first-order chi connectivity index (χ1) is 13.2. The summed E-state index contributed by atoms with van der Waals surface area (Å²) in [7, 11) is -0.665. The molecular weight excluding hydrogens is 380 g/mol. The van der Waals surface area contributed by atoms with E-state index < -0.39 is 15.9 Å². The molecule has 0 radical (unpaired) electrons. The molecule has 3 aromatic rings. The largest absolute Gasteiger partial charge is 0.403 e. The second-order valence-electron chi connectivity index (χ2n) is 6.50. The molecule has 0 spiro atoms. The molecule has 28 heavy (non-hydrogen) atoms. The second kappa shape index (κ2) is 7.53. The van der Waals surface area contributed by atoms with Crippen molar-refractivity contribution in [3.63, 3.8) is 0 Å². The number of benzene rings is 2. The van der Waals surface area contributed by atoms with Gasteiger partial charge in [-0.05, 0) is 49.7 Å². The topological polar surface area (TPSA) is 105 Å². The summed E-state index contributed by atoms with van der Waals surface area (Å²) in [6.45, 7) is 3.93. The molecule has 3 rings (SSSR count). The maximum Gasteiger partial charge on any atom is 0.322 e. The number of aryl methyl sites for hydroxylation is 2. The fourth-order valence-electron chi connectivity index (χ4n) is 2.59. The van der Waals surface area contributed by atoms with E-state index in [0.29, 0.717) is 5.89 Å². The van der Waals surface area contributed by atoms with Crippen molar-refractivity contribution in [1.82, 2.24) is 14.5 Å². The Hall–Kier alpha value is -3.04. The highest BCUT2D eigenvalue weighted by atomic mass is 32.2. The lowest BCUT2D eigenvalue weighted by atomic mass is 10.1. The summed E-state index contributed by atoms with van der Waals surface area (Å²) in [6, 6.07) is 11.4. The van der Waals surface area contributed by atoms with Gasteiger partial charge in [-0.25, -0.2) is 12.7 Å². The molecule has 0 saturated carbocycles. The van der Waals surface area contributed by atoms with E-state index in [2.05, 4.69) is 15.5 Å². The number of sulfonamides is 1. The maximum atomic E-state index is 12.4. The summed E-state index contributed by atoms with van der Waals surface area (Å²) >= 11 is 0. The molecule has 0 atom stereocenters. The van der Waals surface area contributed by atoms with Gasteiger partial charge in [-0.3, -0.25) is 10.1 Å². The van der Waals surface area contributed by atoms with Gasteiger partial charge >= 0.3 is 6.01 Å². The highest BCUT2D eigenvalue weighted by Gasteiger charge is 2.18. The lowest BCUT2D eigenvalue weighted by Gasteiger charge is -2.11. The van der Waals surface area contributed by atoms with Crippen LogP contribution in [0.4, 0.5) is 6.01 Å². The van der Waals surface area contributed by atoms with E-state index in [0.717, 1.165) is 21.0 Å². The molecule has 1 aromatic heterocycles. The van der Waals surface area contributed by atoms with Gasteiger partial charge in [-0.15, -0.1) is 5.10 Å². The fraction of sp³-hybridized carbons (Fsp3) is 0.211. The fourth-order valence-corrected chi connectivity index (χ4v) is 3.50. The highest BCUT2D eigenvalue weighted by molar-refractivity contribution is 7.89. The van der Waals surface area contributed by atoms with Crippen LogP contribution >= 0.6 is 0 Å². The quantitative estimate of drug-likeness (QED) is 0.706. The minimum Gasteiger partial charge on any atom is -0.403 e. The van der Waals surface area contributed by atoms with Crippen LogP contribution in [0.2, 0.25) is 0 Å². The van der Waals surface area contributed by atoms with E-state index in [1.165, 1.54) is 38.4 Å². The Bertz CT molecular complexity index is 1120. The number of carbonyl (C=O) groups is 1. The van der Waals surface area contributed by atoms with Gasteiger partial charge in [0.25, 0.3) is 5.91 Å². The van der Waals surface area contributed by atoms with E-state index in [-0.39, 0.29) is 16.5 Å². The van der Waals surface area contributed by atoms with Crippen LogP contribution in [-0.2, 0) is 10.0 Å². The standard InChI is InChI=1S/C19H20N4O4S/c1-12-5-10-16(13(2)11-12)18-21-22-19(27-18)20-17(24)14-6-8-15(9-7-14)28(25,26)23(3)4/h5-11H,1-4H3,(H,20,22,24). The van der Waals surface area contributed by atoms with Crippen LogP contribution in [0.15, 0.2) is 51.8 Å². The monoisotopic (exact) mass is 400 g/mol. The second-order valence-corrected chi connectivity index (χ2v) is 8.65. The Balaban J connectivity index is 1.76. The zero-order valence-electron chi connectivity index (χ0n) is 15.9. The molecule has 1 N–H and O–H groups in total. The predicted molar refractivity (Wildman–Crippen MR) is 104 cm³/mol. The number of anilines is 1. The summed E-state index contributed by atoms with van der Waals surface area (Å²) in [5.41, 5.74) is 3.16. The third-order valence-electron chi connectivity index (χ3n) is 4.15. The Morgan fingerprint density at radius 1 is 1.04 bits per heavy atom. The zero-order chi connectivity index (χ0) is 20.5. The van der Waals surface area contributed by atoms with Gasteiger partial charge in [0.05, 0.1) is 4.90 Å². The number of hydrogen-bond donors (Lipinski definition) is 1. The smallest absolute Gasteiger partial charge is 0.322 e. The normalized spacial score (nSPS) is 11.6. The van der Waals surface area contributed by atoms with Crippen LogP contribution in [0, 0.1) is 13.8 Å². The van der Waals surface area contributed by atoms with Gasteiger partial charge in [0, 0.05) is 25.2 Å². The van der Waals surface area contributed by atoms with Crippen LogP contribution in [0.5, 0.6) is 0 Å². The van der Waals surface area contributed by atoms with E-state index >= 15 is 0 Å². The van der Waals surface area contributed by atoms with Crippen molar-refractivity contribution in [2.24, 2.45) is 0 Å². The summed E-state index contributed by atoms with van der Waals surface area (Å²) in [5, 5.41) is 10.3. The highest BCUT2D eigenvalue weighted by Crippen LogP contribution is 2.24. The van der Waals surface area contributed by atoms with Gasteiger partial charge in [-0.2, -0.15) is 0 Å². The Morgan fingerprint density at radius 2 is 1.71 bits per heavy atom. The number of carbonyl (C=O) groups excluding carboxylic acids is 1. The number of hydrogen-bond acceptors (Lipinski definition) is 6. The average molecular weight is 400 g/mol. The molecule has 0 bridgehead atoms. The lowest BCUT2D eigenvalue weighted by Crippen LogP contribution is -2.22. The number of nitrogens with zero attached hydrogens (tertiary/aromatic N) is 3. The van der Waals surface area contributed by atoms with Gasteiger partial charge in [0.15, 0.2) is 0 Å². The third kappa shape index (κ3) is 3.95. The van der Waals surface area contributed by atoms with E-state index in [1.54, 1.807) is 0 Å². The van der Waals surface area contributed by atoms with Crippen LogP contribution < -0.4 is 5.32 Å². The zero-order valence-corrected chi connectivity index (χ0v) is 16.7. The van der Waals surface area contributed by atoms with Crippen molar-refractivity contribution >= 4 is 21.9 Å². The molecule has 8 nitrogen and oxygen atoms in total. The van der Waals surface area contributed by atoms with Crippen molar-refractivity contribution in [3.05, 3.63) is 59.2 Å². The molecule has 0 fully saturated rings. The summed E-state index contributed by atoms with van der Waals surface area (Å²) in [5.74, 6) is -0.176. The van der Waals surface area contributed by atoms with Crippen molar-refractivity contribution in [3.8, 4) is 11.5 Å².